The Bertz CT molecular complexity index is 1680. The van der Waals surface area contributed by atoms with Gasteiger partial charge in [-0.2, -0.15) is 31.6 Å². The van der Waals surface area contributed by atoms with Crippen LogP contribution in [0.4, 0.5) is 32.3 Å². The predicted octanol–water partition coefficient (Wildman–Crippen LogP) is 4.49. The summed E-state index contributed by atoms with van der Waals surface area (Å²) in [5.74, 6) is -0.110. The number of nitriles is 1. The molecule has 4 rings (SSSR count). The Morgan fingerprint density at radius 3 is 2.23 bits per heavy atom. The molecule has 0 aliphatic heterocycles. The van der Waals surface area contributed by atoms with Crippen molar-refractivity contribution < 1.29 is 31.4 Å². The summed E-state index contributed by atoms with van der Waals surface area (Å²) in [7, 11) is 0. The fourth-order valence-corrected chi connectivity index (χ4v) is 3.98. The number of nitrogen functional groups attached to an aromatic ring is 1. The number of alkyl halides is 6. The second-order valence-corrected chi connectivity index (χ2v) is 8.69. The third kappa shape index (κ3) is 5.10. The van der Waals surface area contributed by atoms with Crippen molar-refractivity contribution in [2.24, 2.45) is 0 Å². The summed E-state index contributed by atoms with van der Waals surface area (Å²) < 4.78 is 80.4. The fourth-order valence-electron chi connectivity index (χ4n) is 3.98. The molecular weight excluding hydrogens is 542 g/mol. The second-order valence-electron chi connectivity index (χ2n) is 8.69. The van der Waals surface area contributed by atoms with Gasteiger partial charge in [-0.15, -0.1) is 0 Å². The van der Waals surface area contributed by atoms with E-state index in [0.717, 1.165) is 22.8 Å². The zero-order valence-corrected chi connectivity index (χ0v) is 20.4. The van der Waals surface area contributed by atoms with E-state index < -0.39 is 35.8 Å². The molecule has 0 bridgehead atoms. The van der Waals surface area contributed by atoms with Gasteiger partial charge in [0, 0.05) is 23.4 Å². The molecule has 8 nitrogen and oxygen atoms in total. The van der Waals surface area contributed by atoms with Gasteiger partial charge in [-0.05, 0) is 42.8 Å². The van der Waals surface area contributed by atoms with Crippen LogP contribution in [0.3, 0.4) is 0 Å². The van der Waals surface area contributed by atoms with Crippen LogP contribution in [-0.4, -0.2) is 37.0 Å². The van der Waals surface area contributed by atoms with E-state index in [2.05, 4.69) is 21.0 Å². The Kier molecular flexibility index (Phi) is 7.12. The molecule has 0 aliphatic rings. The van der Waals surface area contributed by atoms with Crippen molar-refractivity contribution in [3.05, 3.63) is 93.7 Å². The van der Waals surface area contributed by atoms with Crippen LogP contribution in [0, 0.1) is 18.3 Å². The van der Waals surface area contributed by atoms with E-state index in [0.29, 0.717) is 34.0 Å². The van der Waals surface area contributed by atoms with Gasteiger partial charge in [0.15, 0.2) is 0 Å². The summed E-state index contributed by atoms with van der Waals surface area (Å²) in [4.78, 5) is 24.5. The number of nitrogens with zero attached hydrogens (tertiary/aromatic N) is 5. The first kappa shape index (κ1) is 28.2. The van der Waals surface area contributed by atoms with Crippen LogP contribution in [0.25, 0.3) is 22.5 Å². The van der Waals surface area contributed by atoms with Crippen LogP contribution in [-0.2, 0) is 12.1 Å². The second kappa shape index (κ2) is 10.1. The zero-order valence-electron chi connectivity index (χ0n) is 20.4. The van der Waals surface area contributed by atoms with E-state index in [1.807, 2.05) is 0 Å². The molecule has 0 saturated carbocycles. The molecule has 206 valence electrons. The average Bonchev–Trinajstić information content (AvgIpc) is 2.88. The van der Waals surface area contributed by atoms with Gasteiger partial charge in [-0.1, -0.05) is 18.2 Å². The molecule has 3 aromatic heterocycles. The lowest BCUT2D eigenvalue weighted by molar-refractivity contribution is -0.377. The lowest BCUT2D eigenvalue weighted by Gasteiger charge is -2.31. The Morgan fingerprint density at radius 2 is 1.60 bits per heavy atom. The summed E-state index contributed by atoms with van der Waals surface area (Å²) in [6.45, 7) is 1.25. The van der Waals surface area contributed by atoms with Gasteiger partial charge < -0.3 is 15.4 Å². The molecule has 3 heterocycles. The van der Waals surface area contributed by atoms with Crippen molar-refractivity contribution in [1.82, 2.24) is 19.5 Å². The van der Waals surface area contributed by atoms with Crippen LogP contribution in [0.5, 0.6) is 0 Å². The minimum Gasteiger partial charge on any atom is -0.368 e. The van der Waals surface area contributed by atoms with E-state index >= 15 is 0 Å². The van der Waals surface area contributed by atoms with Crippen LogP contribution in [0.1, 0.15) is 22.5 Å². The largest absolute Gasteiger partial charge is 0.432 e. The van der Waals surface area contributed by atoms with E-state index in [9.17, 15) is 41.5 Å². The summed E-state index contributed by atoms with van der Waals surface area (Å²) in [6, 6.07) is 13.7. The number of nitrogens with two attached hydrogens (primary N) is 1. The minimum atomic E-state index is -6.10. The quantitative estimate of drug-likeness (QED) is 0.344. The highest BCUT2D eigenvalue weighted by atomic mass is 19.4. The van der Waals surface area contributed by atoms with Gasteiger partial charge in [0.1, 0.15) is 0 Å². The number of aromatic nitrogens is 4. The minimum absolute atomic E-state index is 0.110. The lowest BCUT2D eigenvalue weighted by atomic mass is 9.97. The van der Waals surface area contributed by atoms with Gasteiger partial charge >= 0.3 is 12.4 Å². The molecule has 40 heavy (non-hydrogen) atoms. The number of hydrogen-bond acceptors (Lipinski definition) is 7. The van der Waals surface area contributed by atoms with Crippen LogP contribution in [0.2, 0.25) is 0 Å². The van der Waals surface area contributed by atoms with Crippen LogP contribution < -0.4 is 11.3 Å². The lowest BCUT2D eigenvalue weighted by Crippen LogP contribution is -2.54. The van der Waals surface area contributed by atoms with Crippen LogP contribution in [0.15, 0.2) is 65.6 Å². The molecule has 14 heteroatoms. The maximum atomic E-state index is 13.2. The first-order valence-electron chi connectivity index (χ1n) is 11.3. The summed E-state index contributed by atoms with van der Waals surface area (Å²) in [5.41, 5.74) is 0.660. The topological polar surface area (TPSA) is 131 Å². The van der Waals surface area contributed by atoms with Crippen molar-refractivity contribution in [2.75, 3.05) is 5.73 Å². The SMILES string of the molecule is Cc1c(C#N)cccc1-c1cc(-c2ccn(Cc3cccc(C(O)(C(F)(F)F)C(F)(F)F)n3)c(=O)c2)nc(N)n1. The summed E-state index contributed by atoms with van der Waals surface area (Å²) >= 11 is 0. The highest BCUT2D eigenvalue weighted by molar-refractivity contribution is 5.72. The van der Waals surface area contributed by atoms with Crippen LogP contribution >= 0.6 is 0 Å². The fraction of sp³-hybridized carbons (Fsp3) is 0.192. The normalized spacial score (nSPS) is 12.3. The molecule has 0 amide bonds. The number of benzene rings is 1. The molecular formula is C26H18F6N6O2. The van der Waals surface area contributed by atoms with Gasteiger partial charge in [-0.3, -0.25) is 9.78 Å². The summed E-state index contributed by atoms with van der Waals surface area (Å²) in [5, 5.41) is 18.9. The third-order valence-electron chi connectivity index (χ3n) is 6.10. The van der Waals surface area contributed by atoms with Gasteiger partial charge in [0.25, 0.3) is 11.2 Å². The molecule has 4 aromatic rings. The molecule has 3 N–H and O–H groups in total. The van der Waals surface area contributed by atoms with Gasteiger partial charge in [-0.25, -0.2) is 9.97 Å². The number of pyridine rings is 2. The number of hydrogen-bond donors (Lipinski definition) is 2. The number of aliphatic hydroxyl groups is 1. The number of halogens is 6. The maximum Gasteiger partial charge on any atom is 0.432 e. The standard InChI is InChI=1S/C26H18F6N6O2/c1-14-16(12-33)4-2-6-18(14)20-11-19(36-23(34)37-20)15-8-9-38(22(39)10-15)13-17-5-3-7-21(35-17)24(40,25(27,28)29)26(30,31)32/h2-11,40H,13H2,1H3,(H2,34,36,37). The monoisotopic (exact) mass is 560 g/mol. The third-order valence-corrected chi connectivity index (χ3v) is 6.10. The molecule has 0 saturated heterocycles. The van der Waals surface area contributed by atoms with Crippen molar-refractivity contribution in [3.8, 4) is 28.6 Å². The smallest absolute Gasteiger partial charge is 0.368 e. The highest BCUT2D eigenvalue weighted by Gasteiger charge is 2.72. The number of rotatable bonds is 5. The van der Waals surface area contributed by atoms with E-state index in [1.54, 1.807) is 31.2 Å². The van der Waals surface area contributed by atoms with Crippen molar-refractivity contribution >= 4 is 5.95 Å². The van der Waals surface area contributed by atoms with Gasteiger partial charge in [0.05, 0.1) is 41.0 Å². The van der Waals surface area contributed by atoms with Crippen molar-refractivity contribution in [3.63, 3.8) is 0 Å². The van der Waals surface area contributed by atoms with Crippen molar-refractivity contribution in [2.45, 2.75) is 31.4 Å². The number of anilines is 1. The van der Waals surface area contributed by atoms with E-state index in [1.165, 1.54) is 12.3 Å². The molecule has 1 aromatic carbocycles. The van der Waals surface area contributed by atoms with Gasteiger partial charge in [0.2, 0.25) is 5.95 Å². The molecule has 0 radical (unpaired) electrons. The first-order chi connectivity index (χ1) is 18.7. The molecule has 0 spiro atoms. The highest BCUT2D eigenvalue weighted by Crippen LogP contribution is 2.49. The van der Waals surface area contributed by atoms with E-state index in [-0.39, 0.29) is 17.3 Å². The molecule has 0 aliphatic carbocycles. The molecule has 0 atom stereocenters. The summed E-state index contributed by atoms with van der Waals surface area (Å²) in [6.07, 6.45) is -10.9. The average molecular weight is 560 g/mol. The molecule has 0 fully saturated rings. The zero-order chi connectivity index (χ0) is 29.5. The Balaban J connectivity index is 1.68. The predicted molar refractivity (Wildman–Crippen MR) is 130 cm³/mol. The Hall–Kier alpha value is -4.77. The van der Waals surface area contributed by atoms with E-state index in [4.69, 9.17) is 5.73 Å². The molecule has 0 unspecified atom stereocenters. The Labute approximate surface area is 222 Å². The maximum absolute atomic E-state index is 13.2. The first-order valence-corrected chi connectivity index (χ1v) is 11.3. The van der Waals surface area contributed by atoms with Crippen molar-refractivity contribution in [1.29, 1.82) is 5.26 Å². The Morgan fingerprint density at radius 1 is 0.950 bits per heavy atom.